The van der Waals surface area contributed by atoms with Crippen LogP contribution in [0.5, 0.6) is 5.75 Å². The predicted octanol–water partition coefficient (Wildman–Crippen LogP) is 4.13. The van der Waals surface area contributed by atoms with Gasteiger partial charge in [0.05, 0.1) is 12.3 Å². The standard InChI is InChI=1S/C26H33N3O5/c1-17-20(15-34-29-17)24(30)28-23(18-6-4-2-3-5-7-18)25(31)27-19-8-9-21-22(14-19)33-16-26(21)10-12-32-13-11-26/h8-9,14-15,18,23H,2-7,10-13,16H2,1H3,(H,27,31)(H,28,30). The molecule has 1 saturated heterocycles. The van der Waals surface area contributed by atoms with Crippen LogP contribution >= 0.6 is 0 Å². The molecule has 3 heterocycles. The molecule has 3 aliphatic rings. The second-order valence-electron chi connectivity index (χ2n) is 9.90. The molecule has 2 fully saturated rings. The molecule has 5 rings (SSSR count). The third-order valence-electron chi connectivity index (χ3n) is 7.71. The van der Waals surface area contributed by atoms with Gasteiger partial charge in [0.25, 0.3) is 5.91 Å². The number of amides is 2. The Morgan fingerprint density at radius 1 is 1.12 bits per heavy atom. The summed E-state index contributed by atoms with van der Waals surface area (Å²) in [6, 6.07) is 5.30. The highest BCUT2D eigenvalue weighted by molar-refractivity contribution is 6.01. The first kappa shape index (κ1) is 22.9. The Hall–Kier alpha value is -2.87. The van der Waals surface area contributed by atoms with E-state index in [1.165, 1.54) is 24.7 Å². The van der Waals surface area contributed by atoms with Gasteiger partial charge in [0.1, 0.15) is 23.6 Å². The van der Waals surface area contributed by atoms with Crippen LogP contribution in [0.1, 0.15) is 73.0 Å². The fraction of sp³-hybridized carbons (Fsp3) is 0.577. The number of nitrogens with zero attached hydrogens (tertiary/aromatic N) is 1. The fourth-order valence-corrected chi connectivity index (χ4v) is 5.62. The third kappa shape index (κ3) is 4.56. The molecule has 2 aliphatic heterocycles. The van der Waals surface area contributed by atoms with Crippen LogP contribution in [0.2, 0.25) is 0 Å². The van der Waals surface area contributed by atoms with Crippen LogP contribution in [-0.2, 0) is 14.9 Å². The average Bonchev–Trinajstić information content (AvgIpc) is 3.30. The monoisotopic (exact) mass is 467 g/mol. The first-order valence-corrected chi connectivity index (χ1v) is 12.4. The number of aryl methyl sites for hydroxylation is 1. The minimum atomic E-state index is -0.629. The number of rotatable bonds is 5. The second-order valence-corrected chi connectivity index (χ2v) is 9.90. The molecule has 34 heavy (non-hydrogen) atoms. The maximum Gasteiger partial charge on any atom is 0.257 e. The molecule has 1 saturated carbocycles. The van der Waals surface area contributed by atoms with Crippen LogP contribution in [0.25, 0.3) is 0 Å². The number of anilines is 1. The van der Waals surface area contributed by atoms with Crippen LogP contribution < -0.4 is 15.4 Å². The molecule has 1 aromatic carbocycles. The highest BCUT2D eigenvalue weighted by Gasteiger charge is 2.42. The lowest BCUT2D eigenvalue weighted by molar-refractivity contribution is -0.119. The van der Waals surface area contributed by atoms with E-state index in [9.17, 15) is 9.59 Å². The third-order valence-corrected chi connectivity index (χ3v) is 7.71. The zero-order valence-corrected chi connectivity index (χ0v) is 19.7. The number of fused-ring (bicyclic) bond motifs is 2. The molecular formula is C26H33N3O5. The number of carbonyl (C=O) groups excluding carboxylic acids is 2. The van der Waals surface area contributed by atoms with Crippen molar-refractivity contribution in [3.8, 4) is 5.75 Å². The van der Waals surface area contributed by atoms with Gasteiger partial charge in [-0.25, -0.2) is 0 Å². The van der Waals surface area contributed by atoms with Gasteiger partial charge >= 0.3 is 0 Å². The minimum Gasteiger partial charge on any atom is -0.492 e. The molecule has 1 spiro atoms. The summed E-state index contributed by atoms with van der Waals surface area (Å²) in [5.41, 5.74) is 2.77. The maximum atomic E-state index is 13.5. The van der Waals surface area contributed by atoms with Crippen molar-refractivity contribution in [1.82, 2.24) is 10.5 Å². The quantitative estimate of drug-likeness (QED) is 0.641. The van der Waals surface area contributed by atoms with Gasteiger partial charge in [-0.05, 0) is 44.6 Å². The van der Waals surface area contributed by atoms with E-state index in [1.807, 2.05) is 12.1 Å². The lowest BCUT2D eigenvalue weighted by atomic mass is 9.76. The van der Waals surface area contributed by atoms with Crippen LogP contribution in [0.15, 0.2) is 29.0 Å². The minimum absolute atomic E-state index is 0.0173. The van der Waals surface area contributed by atoms with Crippen LogP contribution in [-0.4, -0.2) is 42.8 Å². The first-order valence-electron chi connectivity index (χ1n) is 12.4. The Labute approximate surface area is 199 Å². The van der Waals surface area contributed by atoms with Gasteiger partial charge in [-0.15, -0.1) is 0 Å². The van der Waals surface area contributed by atoms with E-state index in [0.29, 0.717) is 23.6 Å². The predicted molar refractivity (Wildman–Crippen MR) is 126 cm³/mol. The molecule has 8 heteroatoms. The molecule has 1 unspecified atom stereocenters. The van der Waals surface area contributed by atoms with Gasteiger partial charge in [0, 0.05) is 35.9 Å². The molecule has 0 bridgehead atoms. The highest BCUT2D eigenvalue weighted by atomic mass is 16.5. The normalized spacial score (nSPS) is 20.7. The zero-order valence-electron chi connectivity index (χ0n) is 19.7. The second kappa shape index (κ2) is 9.78. The van der Waals surface area contributed by atoms with E-state index in [-0.39, 0.29) is 23.1 Å². The topological polar surface area (TPSA) is 103 Å². The number of carbonyl (C=O) groups is 2. The van der Waals surface area contributed by atoms with E-state index < -0.39 is 6.04 Å². The van der Waals surface area contributed by atoms with Crippen molar-refractivity contribution in [1.29, 1.82) is 0 Å². The average molecular weight is 468 g/mol. The number of hydrogen-bond acceptors (Lipinski definition) is 6. The Morgan fingerprint density at radius 2 is 1.88 bits per heavy atom. The summed E-state index contributed by atoms with van der Waals surface area (Å²) < 4.78 is 16.5. The van der Waals surface area contributed by atoms with Gasteiger partial charge in [-0.1, -0.05) is 36.9 Å². The summed E-state index contributed by atoms with van der Waals surface area (Å²) in [6.07, 6.45) is 9.52. The van der Waals surface area contributed by atoms with Gasteiger partial charge in [-0.2, -0.15) is 0 Å². The number of aromatic nitrogens is 1. The summed E-state index contributed by atoms with van der Waals surface area (Å²) in [7, 11) is 0. The Morgan fingerprint density at radius 3 is 2.59 bits per heavy atom. The fourth-order valence-electron chi connectivity index (χ4n) is 5.62. The van der Waals surface area contributed by atoms with Crippen molar-refractivity contribution in [3.05, 3.63) is 41.3 Å². The summed E-state index contributed by atoms with van der Waals surface area (Å²) in [5.74, 6) is 0.382. The zero-order chi connectivity index (χ0) is 23.5. The van der Waals surface area contributed by atoms with Gasteiger partial charge in [-0.3, -0.25) is 9.59 Å². The Kier molecular flexibility index (Phi) is 6.59. The summed E-state index contributed by atoms with van der Waals surface area (Å²) in [6.45, 7) is 3.86. The van der Waals surface area contributed by atoms with Gasteiger partial charge in [0.2, 0.25) is 5.91 Å². The van der Waals surface area contributed by atoms with Gasteiger partial charge in [0.15, 0.2) is 0 Å². The number of ether oxygens (including phenoxy) is 2. The van der Waals surface area contributed by atoms with Crippen LogP contribution in [0.4, 0.5) is 5.69 Å². The maximum absolute atomic E-state index is 13.5. The molecule has 8 nitrogen and oxygen atoms in total. The Balaban J connectivity index is 1.34. The molecule has 2 amide bonds. The summed E-state index contributed by atoms with van der Waals surface area (Å²) >= 11 is 0. The first-order chi connectivity index (χ1) is 16.6. The number of hydrogen-bond donors (Lipinski definition) is 2. The van der Waals surface area contributed by atoms with Crippen molar-refractivity contribution >= 4 is 17.5 Å². The molecule has 2 N–H and O–H groups in total. The molecule has 1 aromatic heterocycles. The smallest absolute Gasteiger partial charge is 0.257 e. The molecular weight excluding hydrogens is 434 g/mol. The molecule has 182 valence electrons. The van der Waals surface area contributed by atoms with Crippen molar-refractivity contribution in [3.63, 3.8) is 0 Å². The lowest BCUT2D eigenvalue weighted by Crippen LogP contribution is -2.48. The van der Waals surface area contributed by atoms with E-state index in [4.69, 9.17) is 14.0 Å². The van der Waals surface area contributed by atoms with E-state index in [2.05, 4.69) is 21.9 Å². The SMILES string of the molecule is Cc1nocc1C(=O)NC(C(=O)Nc1ccc2c(c1)OCC21CCOCC1)C1CCCCCC1. The lowest BCUT2D eigenvalue weighted by Gasteiger charge is -2.32. The van der Waals surface area contributed by atoms with Crippen molar-refractivity contribution in [2.24, 2.45) is 5.92 Å². The van der Waals surface area contributed by atoms with Gasteiger partial charge < -0.3 is 24.6 Å². The molecule has 0 radical (unpaired) electrons. The highest BCUT2D eigenvalue weighted by Crippen LogP contribution is 2.46. The Bertz CT molecular complexity index is 1030. The van der Waals surface area contributed by atoms with Crippen molar-refractivity contribution in [2.45, 2.75) is 69.7 Å². The van der Waals surface area contributed by atoms with Crippen molar-refractivity contribution < 1.29 is 23.6 Å². The van der Waals surface area contributed by atoms with Crippen LogP contribution in [0.3, 0.4) is 0 Å². The van der Waals surface area contributed by atoms with E-state index in [1.54, 1.807) is 6.92 Å². The summed E-state index contributed by atoms with van der Waals surface area (Å²) in [5, 5.41) is 9.83. The molecule has 2 aromatic rings. The molecule has 1 atom stereocenters. The van der Waals surface area contributed by atoms with E-state index in [0.717, 1.165) is 57.5 Å². The summed E-state index contributed by atoms with van der Waals surface area (Å²) in [4.78, 5) is 26.4. The largest absolute Gasteiger partial charge is 0.492 e. The van der Waals surface area contributed by atoms with Crippen molar-refractivity contribution in [2.75, 3.05) is 25.1 Å². The molecule has 1 aliphatic carbocycles. The number of nitrogens with one attached hydrogen (secondary N) is 2. The van der Waals surface area contributed by atoms with Crippen LogP contribution in [0, 0.1) is 12.8 Å². The number of benzene rings is 1. The van der Waals surface area contributed by atoms with E-state index >= 15 is 0 Å².